The van der Waals surface area contributed by atoms with Crippen molar-refractivity contribution in [3.05, 3.63) is 29.8 Å². The Balaban J connectivity index is 0.00000261. The molecule has 2 aliphatic heterocycles. The molecule has 6 nitrogen and oxygen atoms in total. The minimum atomic E-state index is -0.109. The topological polar surface area (TPSA) is 64.7 Å². The molecule has 0 radical (unpaired) electrons. The Morgan fingerprint density at radius 1 is 1.15 bits per heavy atom. The largest absolute Gasteiger partial charge is 0.342 e. The van der Waals surface area contributed by atoms with Crippen LogP contribution in [0.3, 0.4) is 0 Å². The summed E-state index contributed by atoms with van der Waals surface area (Å²) in [5.74, 6) is 0.699. The van der Waals surface area contributed by atoms with E-state index in [-0.39, 0.29) is 30.3 Å². The Morgan fingerprint density at radius 3 is 2.70 bits per heavy atom. The van der Waals surface area contributed by atoms with Crippen molar-refractivity contribution in [2.75, 3.05) is 45.1 Å². The van der Waals surface area contributed by atoms with Crippen molar-refractivity contribution < 1.29 is 9.59 Å². The van der Waals surface area contributed by atoms with Gasteiger partial charge in [0.25, 0.3) is 0 Å². The van der Waals surface area contributed by atoms with Crippen molar-refractivity contribution in [3.63, 3.8) is 0 Å². The molecule has 2 fully saturated rings. The fourth-order valence-electron chi connectivity index (χ4n) is 4.03. The molecule has 0 saturated carbocycles. The molecule has 0 aliphatic carbocycles. The van der Waals surface area contributed by atoms with Crippen LogP contribution in [0.25, 0.3) is 0 Å². The highest BCUT2D eigenvalue weighted by Gasteiger charge is 2.34. The molecule has 2 N–H and O–H groups in total. The number of carbonyl (C=O) groups is 2. The fourth-order valence-corrected chi connectivity index (χ4v) is 4.03. The van der Waals surface area contributed by atoms with Crippen LogP contribution in [-0.2, 0) is 4.79 Å². The number of amides is 3. The molecule has 2 heterocycles. The van der Waals surface area contributed by atoms with Gasteiger partial charge in [0.2, 0.25) is 5.91 Å². The molecule has 2 aliphatic rings. The number of piperidine rings is 1. The highest BCUT2D eigenvalue weighted by molar-refractivity contribution is 5.90. The maximum Gasteiger partial charge on any atom is 0.321 e. The summed E-state index contributed by atoms with van der Waals surface area (Å²) in [6.07, 6.45) is 2.82. The number of urea groups is 1. The quantitative estimate of drug-likeness (QED) is 0.825. The minimum absolute atomic E-state index is 0. The van der Waals surface area contributed by atoms with Crippen LogP contribution in [0.1, 0.15) is 24.8 Å². The normalized spacial score (nSPS) is 22.3. The van der Waals surface area contributed by atoms with Gasteiger partial charge in [-0.25, -0.2) is 4.79 Å². The summed E-state index contributed by atoms with van der Waals surface area (Å²) in [7, 11) is 1.95. The van der Waals surface area contributed by atoms with Crippen molar-refractivity contribution in [2.45, 2.75) is 26.2 Å². The summed E-state index contributed by atoms with van der Waals surface area (Å²) in [4.78, 5) is 29.2. The van der Waals surface area contributed by atoms with Gasteiger partial charge in [-0.3, -0.25) is 4.79 Å². The summed E-state index contributed by atoms with van der Waals surface area (Å²) >= 11 is 0. The van der Waals surface area contributed by atoms with E-state index in [1.54, 1.807) is 4.90 Å². The summed E-state index contributed by atoms with van der Waals surface area (Å²) in [6.45, 7) is 5.87. The van der Waals surface area contributed by atoms with Gasteiger partial charge < -0.3 is 20.4 Å². The van der Waals surface area contributed by atoms with Crippen LogP contribution in [0.15, 0.2) is 24.3 Å². The zero-order chi connectivity index (χ0) is 18.5. The average molecular weight is 395 g/mol. The lowest BCUT2D eigenvalue weighted by Crippen LogP contribution is -2.47. The first-order valence-corrected chi connectivity index (χ1v) is 9.63. The third kappa shape index (κ3) is 5.59. The van der Waals surface area contributed by atoms with Crippen molar-refractivity contribution in [1.82, 2.24) is 15.1 Å². The van der Waals surface area contributed by atoms with Gasteiger partial charge in [0.15, 0.2) is 0 Å². The molecular formula is C20H31ClN4O2. The van der Waals surface area contributed by atoms with Crippen molar-refractivity contribution in [3.8, 4) is 0 Å². The first kappa shape index (κ1) is 21.5. The molecule has 0 spiro atoms. The number of aryl methyl sites for hydroxylation is 1. The fraction of sp³-hybridized carbons (Fsp3) is 0.600. The molecule has 2 unspecified atom stereocenters. The Hall–Kier alpha value is -1.79. The van der Waals surface area contributed by atoms with E-state index in [9.17, 15) is 9.59 Å². The SMILES string of the molecule is CNCC1CCN(C(=O)C2CCCN(C(=O)Nc3cccc(C)c3)C2)C1.Cl. The van der Waals surface area contributed by atoms with Gasteiger partial charge in [0, 0.05) is 31.9 Å². The standard InChI is InChI=1S/C20H30N4O2.ClH/c1-15-5-3-7-18(11-15)22-20(26)24-9-4-6-17(14-24)19(25)23-10-8-16(13-23)12-21-2;/h3,5,7,11,16-17,21H,4,6,8-10,12-14H2,1-2H3,(H,22,26);1H. The van der Waals surface area contributed by atoms with Crippen molar-refractivity contribution >= 4 is 30.0 Å². The van der Waals surface area contributed by atoms with Crippen LogP contribution in [0.2, 0.25) is 0 Å². The van der Waals surface area contributed by atoms with Gasteiger partial charge in [0.1, 0.15) is 0 Å². The molecule has 2 saturated heterocycles. The molecule has 2 atom stereocenters. The lowest BCUT2D eigenvalue weighted by atomic mass is 9.97. The van der Waals surface area contributed by atoms with Gasteiger partial charge in [-0.2, -0.15) is 0 Å². The Bertz CT molecular complexity index is 655. The Kier molecular flexibility index (Phi) is 7.92. The molecule has 1 aromatic rings. The third-order valence-corrected chi connectivity index (χ3v) is 5.42. The van der Waals surface area contributed by atoms with E-state index < -0.39 is 0 Å². The molecule has 3 amide bonds. The molecule has 27 heavy (non-hydrogen) atoms. The minimum Gasteiger partial charge on any atom is -0.342 e. The molecule has 150 valence electrons. The molecule has 1 aromatic carbocycles. The first-order valence-electron chi connectivity index (χ1n) is 9.63. The van der Waals surface area contributed by atoms with E-state index in [1.165, 1.54) is 0 Å². The van der Waals surface area contributed by atoms with Crippen molar-refractivity contribution in [1.29, 1.82) is 0 Å². The maximum absolute atomic E-state index is 12.9. The second-order valence-electron chi connectivity index (χ2n) is 7.58. The Morgan fingerprint density at radius 2 is 1.96 bits per heavy atom. The van der Waals surface area contributed by atoms with Crippen LogP contribution in [0.5, 0.6) is 0 Å². The van der Waals surface area contributed by atoms with Crippen LogP contribution >= 0.6 is 12.4 Å². The van der Waals surface area contributed by atoms with Crippen LogP contribution < -0.4 is 10.6 Å². The second kappa shape index (κ2) is 9.95. The summed E-state index contributed by atoms with van der Waals surface area (Å²) < 4.78 is 0. The summed E-state index contributed by atoms with van der Waals surface area (Å²) in [6, 6.07) is 7.67. The number of carbonyl (C=O) groups excluding carboxylic acids is 2. The first-order chi connectivity index (χ1) is 12.6. The molecular weight excluding hydrogens is 364 g/mol. The van der Waals surface area contributed by atoms with E-state index in [4.69, 9.17) is 0 Å². The number of hydrogen-bond acceptors (Lipinski definition) is 3. The number of anilines is 1. The van der Waals surface area contributed by atoms with Gasteiger partial charge in [-0.15, -0.1) is 12.4 Å². The summed E-state index contributed by atoms with van der Waals surface area (Å²) in [5, 5.41) is 6.16. The lowest BCUT2D eigenvalue weighted by Gasteiger charge is -2.34. The average Bonchev–Trinajstić information content (AvgIpc) is 3.10. The number of hydrogen-bond donors (Lipinski definition) is 2. The van der Waals surface area contributed by atoms with E-state index in [0.29, 0.717) is 19.0 Å². The van der Waals surface area contributed by atoms with E-state index in [0.717, 1.165) is 50.1 Å². The van der Waals surface area contributed by atoms with E-state index in [1.807, 2.05) is 43.1 Å². The zero-order valence-electron chi connectivity index (χ0n) is 16.2. The smallest absolute Gasteiger partial charge is 0.321 e. The van der Waals surface area contributed by atoms with Gasteiger partial charge in [0.05, 0.1) is 5.92 Å². The lowest BCUT2D eigenvalue weighted by molar-refractivity contribution is -0.135. The van der Waals surface area contributed by atoms with Crippen LogP contribution in [0, 0.1) is 18.8 Å². The van der Waals surface area contributed by atoms with Gasteiger partial charge >= 0.3 is 6.03 Å². The maximum atomic E-state index is 12.9. The summed E-state index contributed by atoms with van der Waals surface area (Å²) in [5.41, 5.74) is 1.91. The van der Waals surface area contributed by atoms with Crippen LogP contribution in [-0.4, -0.2) is 61.5 Å². The van der Waals surface area contributed by atoms with Crippen molar-refractivity contribution in [2.24, 2.45) is 11.8 Å². The van der Waals surface area contributed by atoms with Gasteiger partial charge in [-0.1, -0.05) is 12.1 Å². The predicted octanol–water partition coefficient (Wildman–Crippen LogP) is 2.73. The van der Waals surface area contributed by atoms with E-state index in [2.05, 4.69) is 10.6 Å². The molecule has 0 aromatic heterocycles. The second-order valence-corrected chi connectivity index (χ2v) is 7.58. The van der Waals surface area contributed by atoms with Crippen LogP contribution in [0.4, 0.5) is 10.5 Å². The number of likely N-dealkylation sites (tertiary alicyclic amines) is 2. The Labute approximate surface area is 168 Å². The number of benzene rings is 1. The monoisotopic (exact) mass is 394 g/mol. The molecule has 7 heteroatoms. The molecule has 0 bridgehead atoms. The number of halogens is 1. The highest BCUT2D eigenvalue weighted by atomic mass is 35.5. The highest BCUT2D eigenvalue weighted by Crippen LogP contribution is 2.24. The predicted molar refractivity (Wildman–Crippen MR) is 110 cm³/mol. The number of rotatable bonds is 4. The zero-order valence-corrected chi connectivity index (χ0v) is 17.1. The number of nitrogens with zero attached hydrogens (tertiary/aromatic N) is 2. The molecule has 3 rings (SSSR count). The third-order valence-electron chi connectivity index (χ3n) is 5.42. The number of nitrogens with one attached hydrogen (secondary N) is 2. The van der Waals surface area contributed by atoms with Gasteiger partial charge in [-0.05, 0) is 63.4 Å². The van der Waals surface area contributed by atoms with E-state index >= 15 is 0 Å².